The van der Waals surface area contributed by atoms with Crippen LogP contribution >= 0.6 is 11.6 Å². The molecule has 0 spiro atoms. The Labute approximate surface area is 134 Å². The molecule has 0 atom stereocenters. The van der Waals surface area contributed by atoms with Gasteiger partial charge < -0.3 is 10.1 Å². The third kappa shape index (κ3) is 5.22. The molecule has 1 N–H and O–H groups in total. The van der Waals surface area contributed by atoms with Gasteiger partial charge in [-0.15, -0.1) is 0 Å². The maximum Gasteiger partial charge on any atom is 0.330 e. The second-order valence-electron chi connectivity index (χ2n) is 4.87. The molecule has 0 radical (unpaired) electrons. The first-order valence-electron chi connectivity index (χ1n) is 6.81. The van der Waals surface area contributed by atoms with Crippen molar-refractivity contribution in [2.75, 3.05) is 6.54 Å². The standard InChI is InChI=1S/C17H16ClNO3/c1-12-3-2-4-15(9-12)22-17(21)11-19-16(20)10-13-5-7-14(18)8-6-13/h2-9H,10-11H2,1H3,(H,19,20). The van der Waals surface area contributed by atoms with Crippen LogP contribution in [0.2, 0.25) is 5.02 Å². The molecule has 0 saturated heterocycles. The lowest BCUT2D eigenvalue weighted by Gasteiger charge is -2.07. The van der Waals surface area contributed by atoms with E-state index in [1.165, 1.54) is 0 Å². The number of amides is 1. The van der Waals surface area contributed by atoms with Crippen molar-refractivity contribution in [3.8, 4) is 5.75 Å². The minimum atomic E-state index is -0.505. The summed E-state index contributed by atoms with van der Waals surface area (Å²) in [5, 5.41) is 3.15. The van der Waals surface area contributed by atoms with Crippen molar-refractivity contribution in [1.82, 2.24) is 5.32 Å². The number of carbonyl (C=O) groups is 2. The average molecular weight is 318 g/mol. The lowest BCUT2D eigenvalue weighted by atomic mass is 10.1. The zero-order chi connectivity index (χ0) is 15.9. The van der Waals surface area contributed by atoms with Gasteiger partial charge in [0.15, 0.2) is 0 Å². The second-order valence-corrected chi connectivity index (χ2v) is 5.31. The summed E-state index contributed by atoms with van der Waals surface area (Å²) >= 11 is 5.78. The molecule has 5 heteroatoms. The number of rotatable bonds is 5. The molecule has 0 aliphatic rings. The number of benzene rings is 2. The van der Waals surface area contributed by atoms with Crippen LogP contribution in [0.15, 0.2) is 48.5 Å². The van der Waals surface area contributed by atoms with Crippen LogP contribution in [0.1, 0.15) is 11.1 Å². The van der Waals surface area contributed by atoms with Crippen LogP contribution in [0.4, 0.5) is 0 Å². The van der Waals surface area contributed by atoms with E-state index >= 15 is 0 Å². The molecule has 22 heavy (non-hydrogen) atoms. The van der Waals surface area contributed by atoms with Crippen LogP contribution in [0, 0.1) is 6.92 Å². The lowest BCUT2D eigenvalue weighted by molar-refractivity contribution is -0.135. The fourth-order valence-corrected chi connectivity index (χ4v) is 1.99. The van der Waals surface area contributed by atoms with Gasteiger partial charge in [0, 0.05) is 5.02 Å². The van der Waals surface area contributed by atoms with Gasteiger partial charge in [-0.05, 0) is 42.3 Å². The first kappa shape index (κ1) is 16.0. The van der Waals surface area contributed by atoms with Gasteiger partial charge in [0.1, 0.15) is 12.3 Å². The van der Waals surface area contributed by atoms with E-state index < -0.39 is 5.97 Å². The van der Waals surface area contributed by atoms with Gasteiger partial charge >= 0.3 is 5.97 Å². The van der Waals surface area contributed by atoms with Gasteiger partial charge in [0.05, 0.1) is 6.42 Å². The zero-order valence-corrected chi connectivity index (χ0v) is 12.9. The van der Waals surface area contributed by atoms with Crippen molar-refractivity contribution < 1.29 is 14.3 Å². The summed E-state index contributed by atoms with van der Waals surface area (Å²) in [6.07, 6.45) is 0.189. The molecule has 2 aromatic carbocycles. The molecule has 0 aliphatic carbocycles. The molecule has 0 saturated carbocycles. The van der Waals surface area contributed by atoms with Crippen molar-refractivity contribution in [3.05, 3.63) is 64.7 Å². The largest absolute Gasteiger partial charge is 0.425 e. The fraction of sp³-hybridized carbons (Fsp3) is 0.176. The second kappa shape index (κ2) is 7.61. The topological polar surface area (TPSA) is 55.4 Å². The Bertz CT molecular complexity index is 668. The number of nitrogens with one attached hydrogen (secondary N) is 1. The zero-order valence-electron chi connectivity index (χ0n) is 12.1. The number of aryl methyl sites for hydroxylation is 1. The Hall–Kier alpha value is -2.33. The Morgan fingerprint density at radius 1 is 1.14 bits per heavy atom. The highest BCUT2D eigenvalue weighted by Gasteiger charge is 2.08. The summed E-state index contributed by atoms with van der Waals surface area (Å²) < 4.78 is 5.14. The van der Waals surface area contributed by atoms with Gasteiger partial charge in [-0.2, -0.15) is 0 Å². The van der Waals surface area contributed by atoms with Crippen molar-refractivity contribution in [2.24, 2.45) is 0 Å². The Balaban J connectivity index is 1.78. The first-order chi connectivity index (χ1) is 10.5. The van der Waals surface area contributed by atoms with Crippen LogP contribution < -0.4 is 10.1 Å². The van der Waals surface area contributed by atoms with Crippen molar-refractivity contribution >= 4 is 23.5 Å². The Kier molecular flexibility index (Phi) is 5.55. The average Bonchev–Trinajstić information content (AvgIpc) is 2.48. The van der Waals surface area contributed by atoms with E-state index in [-0.39, 0.29) is 18.9 Å². The molecule has 0 heterocycles. The van der Waals surface area contributed by atoms with Crippen LogP contribution in [-0.2, 0) is 16.0 Å². The summed E-state index contributed by atoms with van der Waals surface area (Å²) in [7, 11) is 0. The highest BCUT2D eigenvalue weighted by atomic mass is 35.5. The summed E-state index contributed by atoms with van der Waals surface area (Å²) in [5.41, 5.74) is 1.83. The molecule has 114 valence electrons. The van der Waals surface area contributed by atoms with Crippen LogP contribution in [-0.4, -0.2) is 18.4 Å². The van der Waals surface area contributed by atoms with E-state index in [1.807, 2.05) is 13.0 Å². The fourth-order valence-electron chi connectivity index (χ4n) is 1.87. The summed E-state index contributed by atoms with van der Waals surface area (Å²) in [5.74, 6) is -0.282. The van der Waals surface area contributed by atoms with Gasteiger partial charge in [0.2, 0.25) is 5.91 Å². The third-order valence-corrected chi connectivity index (χ3v) is 3.18. The minimum absolute atomic E-state index is 0.166. The molecule has 0 bridgehead atoms. The summed E-state index contributed by atoms with van der Waals surface area (Å²) in [6, 6.07) is 14.1. The molecule has 2 aromatic rings. The number of halogens is 1. The highest BCUT2D eigenvalue weighted by molar-refractivity contribution is 6.30. The molecule has 0 aliphatic heterocycles. The van der Waals surface area contributed by atoms with E-state index in [9.17, 15) is 9.59 Å². The molecular weight excluding hydrogens is 302 g/mol. The Morgan fingerprint density at radius 3 is 2.55 bits per heavy atom. The van der Waals surface area contributed by atoms with Crippen LogP contribution in [0.25, 0.3) is 0 Å². The number of carbonyl (C=O) groups excluding carboxylic acids is 2. The Morgan fingerprint density at radius 2 is 1.86 bits per heavy atom. The summed E-state index contributed by atoms with van der Waals surface area (Å²) in [6.45, 7) is 1.74. The van der Waals surface area contributed by atoms with E-state index in [1.54, 1.807) is 42.5 Å². The molecule has 1 amide bonds. The number of hydrogen-bond acceptors (Lipinski definition) is 3. The van der Waals surface area contributed by atoms with Gasteiger partial charge in [-0.25, -0.2) is 4.79 Å². The number of ether oxygens (including phenoxy) is 1. The van der Waals surface area contributed by atoms with Crippen LogP contribution in [0.3, 0.4) is 0 Å². The molecule has 0 aromatic heterocycles. The predicted molar refractivity (Wildman–Crippen MR) is 85.0 cm³/mol. The highest BCUT2D eigenvalue weighted by Crippen LogP contribution is 2.12. The van der Waals surface area contributed by atoms with Gasteiger partial charge in [0.25, 0.3) is 0 Å². The van der Waals surface area contributed by atoms with Crippen LogP contribution in [0.5, 0.6) is 5.75 Å². The molecule has 4 nitrogen and oxygen atoms in total. The monoisotopic (exact) mass is 317 g/mol. The SMILES string of the molecule is Cc1cccc(OC(=O)CNC(=O)Cc2ccc(Cl)cc2)c1. The minimum Gasteiger partial charge on any atom is -0.425 e. The van der Waals surface area contributed by atoms with E-state index in [0.29, 0.717) is 10.8 Å². The molecule has 0 fully saturated rings. The van der Waals surface area contributed by atoms with Gasteiger partial charge in [-0.3, -0.25) is 4.79 Å². The van der Waals surface area contributed by atoms with Gasteiger partial charge in [-0.1, -0.05) is 35.9 Å². The summed E-state index contributed by atoms with van der Waals surface area (Å²) in [4.78, 5) is 23.4. The number of hydrogen-bond donors (Lipinski definition) is 1. The maximum absolute atomic E-state index is 11.8. The molecule has 0 unspecified atom stereocenters. The van der Waals surface area contributed by atoms with Crippen molar-refractivity contribution in [1.29, 1.82) is 0 Å². The van der Waals surface area contributed by atoms with Crippen molar-refractivity contribution in [3.63, 3.8) is 0 Å². The van der Waals surface area contributed by atoms with E-state index in [2.05, 4.69) is 5.32 Å². The quantitative estimate of drug-likeness (QED) is 0.681. The number of esters is 1. The lowest BCUT2D eigenvalue weighted by Crippen LogP contribution is -2.32. The first-order valence-corrected chi connectivity index (χ1v) is 7.19. The smallest absolute Gasteiger partial charge is 0.330 e. The third-order valence-electron chi connectivity index (χ3n) is 2.93. The molecule has 2 rings (SSSR count). The van der Waals surface area contributed by atoms with Crippen molar-refractivity contribution in [2.45, 2.75) is 13.3 Å². The molecular formula is C17H16ClNO3. The predicted octanol–water partition coefficient (Wildman–Crippen LogP) is 2.91. The van der Waals surface area contributed by atoms with E-state index in [0.717, 1.165) is 11.1 Å². The normalized spacial score (nSPS) is 10.1. The van der Waals surface area contributed by atoms with E-state index in [4.69, 9.17) is 16.3 Å². The maximum atomic E-state index is 11.8.